The van der Waals surface area contributed by atoms with Gasteiger partial charge in [-0.2, -0.15) is 9.61 Å². The quantitative estimate of drug-likeness (QED) is 0.786. The number of nitrogens with zero attached hydrogens (tertiary/aromatic N) is 3. The van der Waals surface area contributed by atoms with Crippen LogP contribution in [-0.2, 0) is 0 Å². The number of halogens is 1. The number of rotatable bonds is 2. The summed E-state index contributed by atoms with van der Waals surface area (Å²) in [7, 11) is 0. The fourth-order valence-electron chi connectivity index (χ4n) is 1.64. The highest BCUT2D eigenvalue weighted by Crippen LogP contribution is 2.26. The number of fused-ring (bicyclic) bond motifs is 1. The number of aryl methyl sites for hydroxylation is 1. The van der Waals surface area contributed by atoms with Crippen molar-refractivity contribution in [2.45, 2.75) is 6.92 Å². The Kier molecular flexibility index (Phi) is 2.83. The zero-order valence-corrected chi connectivity index (χ0v) is 11.5. The van der Waals surface area contributed by atoms with Crippen LogP contribution in [0.25, 0.3) is 5.65 Å². The molecule has 0 fully saturated rings. The topological polar surface area (TPSA) is 72.3 Å². The summed E-state index contributed by atoms with van der Waals surface area (Å²) in [6, 6.07) is 9.03. The molecule has 1 N–H and O–H groups in total. The molecule has 3 aromatic rings. The van der Waals surface area contributed by atoms with E-state index in [1.807, 2.05) is 25.1 Å². The van der Waals surface area contributed by atoms with Crippen LogP contribution in [0.5, 0.6) is 11.6 Å². The number of H-pyrrole nitrogens is 1. The van der Waals surface area contributed by atoms with Gasteiger partial charge >= 0.3 is 5.69 Å². The van der Waals surface area contributed by atoms with Crippen LogP contribution in [0, 0.1) is 6.92 Å². The Balaban J connectivity index is 2.03. The van der Waals surface area contributed by atoms with E-state index in [0.29, 0.717) is 17.3 Å². The average Bonchev–Trinajstić information content (AvgIpc) is 2.76. The molecule has 0 amide bonds. The summed E-state index contributed by atoms with van der Waals surface area (Å²) in [5, 5.41) is 10.2. The average molecular weight is 321 g/mol. The van der Waals surface area contributed by atoms with Crippen molar-refractivity contribution in [3.63, 3.8) is 0 Å². The molecule has 96 valence electrons. The molecule has 0 spiro atoms. The van der Waals surface area contributed by atoms with E-state index >= 15 is 0 Å². The normalized spacial score (nSPS) is 10.8. The Morgan fingerprint density at radius 3 is 3.00 bits per heavy atom. The number of hydrogen-bond donors (Lipinski definition) is 1. The van der Waals surface area contributed by atoms with E-state index in [2.05, 4.69) is 31.2 Å². The minimum absolute atomic E-state index is 0.331. The van der Waals surface area contributed by atoms with Gasteiger partial charge in [-0.3, -0.25) is 0 Å². The summed E-state index contributed by atoms with van der Waals surface area (Å²) in [5.74, 6) is 1.01. The van der Waals surface area contributed by atoms with Crippen LogP contribution in [0.1, 0.15) is 5.56 Å². The SMILES string of the molecule is Cc1ccc(Br)cc1Oc1ccc2n[nH]c(=O)n2n1. The third kappa shape index (κ3) is 2.24. The van der Waals surface area contributed by atoms with Gasteiger partial charge < -0.3 is 4.74 Å². The monoisotopic (exact) mass is 320 g/mol. The lowest BCUT2D eigenvalue weighted by Gasteiger charge is -2.07. The number of nitrogens with one attached hydrogen (secondary N) is 1. The Labute approximate surface area is 116 Å². The van der Waals surface area contributed by atoms with Crippen LogP contribution in [0.2, 0.25) is 0 Å². The second kappa shape index (κ2) is 4.51. The minimum atomic E-state index is -0.397. The van der Waals surface area contributed by atoms with E-state index in [1.165, 1.54) is 0 Å². The molecule has 3 rings (SSSR count). The largest absolute Gasteiger partial charge is 0.437 e. The molecule has 7 heteroatoms. The molecule has 2 aromatic heterocycles. The molecule has 0 aliphatic heterocycles. The minimum Gasteiger partial charge on any atom is -0.437 e. The molecule has 0 atom stereocenters. The van der Waals surface area contributed by atoms with E-state index in [-0.39, 0.29) is 0 Å². The summed E-state index contributed by atoms with van der Waals surface area (Å²) >= 11 is 3.38. The van der Waals surface area contributed by atoms with Crippen LogP contribution in [0.15, 0.2) is 39.6 Å². The van der Waals surface area contributed by atoms with Crippen molar-refractivity contribution in [1.82, 2.24) is 19.8 Å². The van der Waals surface area contributed by atoms with Gasteiger partial charge in [-0.05, 0) is 30.7 Å². The highest BCUT2D eigenvalue weighted by atomic mass is 79.9. The highest BCUT2D eigenvalue weighted by molar-refractivity contribution is 9.10. The molecule has 0 aliphatic rings. The number of benzene rings is 1. The van der Waals surface area contributed by atoms with Crippen molar-refractivity contribution >= 4 is 21.6 Å². The second-order valence-electron chi connectivity index (χ2n) is 3.98. The molecule has 0 bridgehead atoms. The van der Waals surface area contributed by atoms with Crippen molar-refractivity contribution in [3.05, 3.63) is 50.9 Å². The second-order valence-corrected chi connectivity index (χ2v) is 4.90. The number of aromatic nitrogens is 4. The first-order chi connectivity index (χ1) is 9.13. The van der Waals surface area contributed by atoms with Crippen LogP contribution < -0.4 is 10.4 Å². The lowest BCUT2D eigenvalue weighted by Crippen LogP contribution is -2.12. The highest BCUT2D eigenvalue weighted by Gasteiger charge is 2.06. The maximum absolute atomic E-state index is 11.4. The fourth-order valence-corrected chi connectivity index (χ4v) is 1.98. The van der Waals surface area contributed by atoms with Crippen LogP contribution in [0.4, 0.5) is 0 Å². The lowest BCUT2D eigenvalue weighted by atomic mass is 10.2. The zero-order chi connectivity index (χ0) is 13.4. The van der Waals surface area contributed by atoms with Crippen LogP contribution in [-0.4, -0.2) is 19.8 Å². The number of aromatic amines is 1. The Morgan fingerprint density at radius 1 is 1.32 bits per heavy atom. The van der Waals surface area contributed by atoms with E-state index in [1.54, 1.807) is 12.1 Å². The Morgan fingerprint density at radius 2 is 2.16 bits per heavy atom. The first-order valence-electron chi connectivity index (χ1n) is 5.52. The van der Waals surface area contributed by atoms with E-state index in [0.717, 1.165) is 14.6 Å². The molecule has 6 nitrogen and oxygen atoms in total. The van der Waals surface area contributed by atoms with Gasteiger partial charge in [-0.15, -0.1) is 5.10 Å². The number of ether oxygens (including phenoxy) is 1. The van der Waals surface area contributed by atoms with Gasteiger partial charge in [0, 0.05) is 10.5 Å². The van der Waals surface area contributed by atoms with Crippen molar-refractivity contribution in [2.75, 3.05) is 0 Å². The van der Waals surface area contributed by atoms with Gasteiger partial charge in [0.25, 0.3) is 0 Å². The van der Waals surface area contributed by atoms with Crippen molar-refractivity contribution in [1.29, 1.82) is 0 Å². The molecule has 2 heterocycles. The molecule has 0 radical (unpaired) electrons. The summed E-state index contributed by atoms with van der Waals surface area (Å²) in [5.41, 5.74) is 1.03. The summed E-state index contributed by atoms with van der Waals surface area (Å²) in [6.07, 6.45) is 0. The van der Waals surface area contributed by atoms with E-state index in [4.69, 9.17) is 4.74 Å². The third-order valence-electron chi connectivity index (χ3n) is 2.61. The van der Waals surface area contributed by atoms with Crippen LogP contribution in [0.3, 0.4) is 0 Å². The summed E-state index contributed by atoms with van der Waals surface area (Å²) in [6.45, 7) is 1.93. The van der Waals surface area contributed by atoms with Crippen molar-refractivity contribution in [2.24, 2.45) is 0 Å². The smallest absolute Gasteiger partial charge is 0.364 e. The van der Waals surface area contributed by atoms with Gasteiger partial charge in [-0.1, -0.05) is 22.0 Å². The molecule has 0 aliphatic carbocycles. The number of hydrogen-bond acceptors (Lipinski definition) is 4. The van der Waals surface area contributed by atoms with Crippen LogP contribution >= 0.6 is 15.9 Å². The maximum atomic E-state index is 11.4. The molecular weight excluding hydrogens is 312 g/mol. The van der Waals surface area contributed by atoms with Gasteiger partial charge in [0.05, 0.1) is 0 Å². The maximum Gasteiger partial charge on any atom is 0.364 e. The molecule has 19 heavy (non-hydrogen) atoms. The summed E-state index contributed by atoms with van der Waals surface area (Å²) in [4.78, 5) is 11.4. The van der Waals surface area contributed by atoms with Gasteiger partial charge in [0.1, 0.15) is 5.75 Å². The van der Waals surface area contributed by atoms with Crippen molar-refractivity contribution < 1.29 is 4.74 Å². The lowest BCUT2D eigenvalue weighted by molar-refractivity contribution is 0.448. The molecule has 0 saturated heterocycles. The van der Waals surface area contributed by atoms with E-state index < -0.39 is 5.69 Å². The molecular formula is C12H9BrN4O2. The molecule has 0 unspecified atom stereocenters. The predicted molar refractivity (Wildman–Crippen MR) is 72.6 cm³/mol. The Hall–Kier alpha value is -2.15. The standard InChI is InChI=1S/C12H9BrN4O2/c1-7-2-3-8(13)6-9(7)19-11-5-4-10-14-15-12(18)17(10)16-11/h2-6H,1H3,(H,15,18). The van der Waals surface area contributed by atoms with E-state index in [9.17, 15) is 4.79 Å². The van der Waals surface area contributed by atoms with Gasteiger partial charge in [0.2, 0.25) is 5.88 Å². The Bertz CT molecular complexity index is 809. The molecule has 0 saturated carbocycles. The zero-order valence-electron chi connectivity index (χ0n) is 9.92. The fraction of sp³-hybridized carbons (Fsp3) is 0.0833. The summed E-state index contributed by atoms with van der Waals surface area (Å²) < 4.78 is 7.75. The third-order valence-corrected chi connectivity index (χ3v) is 3.11. The predicted octanol–water partition coefficient (Wildman–Crippen LogP) is 2.28. The van der Waals surface area contributed by atoms with Crippen molar-refractivity contribution in [3.8, 4) is 11.6 Å². The van der Waals surface area contributed by atoms with Gasteiger partial charge in [0.15, 0.2) is 5.65 Å². The first kappa shape index (κ1) is 11.9. The van der Waals surface area contributed by atoms with Gasteiger partial charge in [-0.25, -0.2) is 9.89 Å². The first-order valence-corrected chi connectivity index (χ1v) is 6.31. The molecule has 1 aromatic carbocycles.